The second kappa shape index (κ2) is 9.75. The van der Waals surface area contributed by atoms with Gasteiger partial charge in [-0.2, -0.15) is 0 Å². The predicted molar refractivity (Wildman–Crippen MR) is 66.8 cm³/mol. The molecule has 0 aromatic rings. The molecule has 0 aromatic carbocycles. The Hall–Kier alpha value is -1.45. The molecule has 0 spiro atoms. The lowest BCUT2D eigenvalue weighted by Crippen LogP contribution is -2.23. The number of rotatable bonds is 7. The zero-order valence-corrected chi connectivity index (χ0v) is 10.9. The third-order valence-corrected chi connectivity index (χ3v) is 2.49. The summed E-state index contributed by atoms with van der Waals surface area (Å²) in [5.41, 5.74) is -0.509. The Labute approximate surface area is 103 Å². The van der Waals surface area contributed by atoms with Crippen LogP contribution in [0.2, 0.25) is 0 Å². The molecular weight excluding hydrogens is 220 g/mol. The summed E-state index contributed by atoms with van der Waals surface area (Å²) in [6, 6.07) is 0. The van der Waals surface area contributed by atoms with Gasteiger partial charge in [-0.15, -0.1) is 0 Å². The molecule has 17 heavy (non-hydrogen) atoms. The summed E-state index contributed by atoms with van der Waals surface area (Å²) < 4.78 is 0. The highest BCUT2D eigenvalue weighted by atomic mass is 16.4. The summed E-state index contributed by atoms with van der Waals surface area (Å²) in [6.45, 7) is 8.53. The molecule has 0 saturated heterocycles. The van der Waals surface area contributed by atoms with E-state index in [1.807, 2.05) is 6.92 Å². The molecule has 0 fully saturated rings. The van der Waals surface area contributed by atoms with Gasteiger partial charge in [0, 0.05) is 5.57 Å². The zero-order valence-electron chi connectivity index (χ0n) is 10.9. The van der Waals surface area contributed by atoms with Crippen molar-refractivity contribution in [1.29, 1.82) is 0 Å². The van der Waals surface area contributed by atoms with E-state index in [0.717, 1.165) is 25.4 Å². The second-order valence-electron chi connectivity index (χ2n) is 4.01. The molecule has 0 atom stereocenters. The van der Waals surface area contributed by atoms with Crippen LogP contribution in [0, 0.1) is 5.41 Å². The van der Waals surface area contributed by atoms with Gasteiger partial charge in [-0.1, -0.05) is 33.3 Å². The maximum absolute atomic E-state index is 10.6. The van der Waals surface area contributed by atoms with Crippen molar-refractivity contribution in [2.45, 2.75) is 46.5 Å². The molecule has 0 saturated carbocycles. The summed E-state index contributed by atoms with van der Waals surface area (Å²) in [4.78, 5) is 30.7. The van der Waals surface area contributed by atoms with Crippen molar-refractivity contribution in [2.24, 2.45) is 5.41 Å². The molecule has 98 valence electrons. The van der Waals surface area contributed by atoms with E-state index in [-0.39, 0.29) is 5.57 Å². The van der Waals surface area contributed by atoms with Crippen molar-refractivity contribution >= 4 is 18.5 Å². The summed E-state index contributed by atoms with van der Waals surface area (Å²) in [7, 11) is 0. The Balaban J connectivity index is 0. The molecule has 0 aliphatic heterocycles. The molecule has 0 radical (unpaired) electrons. The first-order valence-electron chi connectivity index (χ1n) is 5.70. The van der Waals surface area contributed by atoms with E-state index in [2.05, 4.69) is 13.5 Å². The molecule has 0 unspecified atom stereocenters. The molecule has 0 aromatic heterocycles. The summed E-state index contributed by atoms with van der Waals surface area (Å²) in [5.74, 6) is -0.935. The smallest absolute Gasteiger partial charge is 0.330 e. The highest BCUT2D eigenvalue weighted by Gasteiger charge is 2.25. The van der Waals surface area contributed by atoms with Crippen LogP contribution in [0.4, 0.5) is 0 Å². The van der Waals surface area contributed by atoms with Crippen LogP contribution in [0.1, 0.15) is 46.5 Å². The van der Waals surface area contributed by atoms with Crippen LogP contribution in [0.25, 0.3) is 0 Å². The molecule has 4 heteroatoms. The van der Waals surface area contributed by atoms with Gasteiger partial charge >= 0.3 is 5.97 Å². The fourth-order valence-electron chi connectivity index (χ4n) is 0.995. The van der Waals surface area contributed by atoms with Gasteiger partial charge in [-0.3, -0.25) is 0 Å². The highest BCUT2D eigenvalue weighted by molar-refractivity contribution is 5.84. The standard InChI is InChI=1S/C9H16O2.C4H6O2/c1-3-5-6-9(4-2,7-10)8-11;1-3(2)4(5)6/h7-8H,3-6H2,1-2H3;1H2,2H3,(H,5,6). The topological polar surface area (TPSA) is 71.4 Å². The van der Waals surface area contributed by atoms with Gasteiger partial charge < -0.3 is 14.7 Å². The third kappa shape index (κ3) is 8.37. The second-order valence-corrected chi connectivity index (χ2v) is 4.01. The third-order valence-electron chi connectivity index (χ3n) is 2.49. The van der Waals surface area contributed by atoms with Crippen LogP contribution >= 0.6 is 0 Å². The van der Waals surface area contributed by atoms with E-state index < -0.39 is 11.4 Å². The molecule has 0 aliphatic rings. The first-order chi connectivity index (χ1) is 7.89. The number of hydrogen-bond acceptors (Lipinski definition) is 3. The first kappa shape index (κ1) is 17.9. The molecule has 0 amide bonds. The van der Waals surface area contributed by atoms with E-state index in [1.54, 1.807) is 0 Å². The summed E-state index contributed by atoms with van der Waals surface area (Å²) in [5, 5.41) is 7.89. The quantitative estimate of drug-likeness (QED) is 0.423. The van der Waals surface area contributed by atoms with E-state index in [4.69, 9.17) is 5.11 Å². The number of aliphatic carboxylic acids is 1. The molecule has 0 rings (SSSR count). The van der Waals surface area contributed by atoms with Crippen LogP contribution in [0.15, 0.2) is 12.2 Å². The number of carbonyl (C=O) groups is 3. The van der Waals surface area contributed by atoms with E-state index in [9.17, 15) is 14.4 Å². The summed E-state index contributed by atoms with van der Waals surface area (Å²) >= 11 is 0. The predicted octanol–water partition coefficient (Wildman–Crippen LogP) is 2.62. The minimum Gasteiger partial charge on any atom is -0.478 e. The van der Waals surface area contributed by atoms with Crippen LogP contribution in [0.5, 0.6) is 0 Å². The minimum absolute atomic E-state index is 0.176. The van der Waals surface area contributed by atoms with Gasteiger partial charge in [-0.25, -0.2) is 4.79 Å². The monoisotopic (exact) mass is 242 g/mol. The Morgan fingerprint density at radius 2 is 1.71 bits per heavy atom. The number of unbranched alkanes of at least 4 members (excludes halogenated alkanes) is 1. The van der Waals surface area contributed by atoms with Crippen molar-refractivity contribution < 1.29 is 19.5 Å². The average molecular weight is 242 g/mol. The van der Waals surface area contributed by atoms with Crippen LogP contribution in [-0.4, -0.2) is 23.6 Å². The van der Waals surface area contributed by atoms with E-state index in [1.165, 1.54) is 6.92 Å². The van der Waals surface area contributed by atoms with Crippen LogP contribution < -0.4 is 0 Å². The Morgan fingerprint density at radius 1 is 1.29 bits per heavy atom. The van der Waals surface area contributed by atoms with Gasteiger partial charge in [0.05, 0.1) is 5.41 Å². The molecule has 0 aliphatic carbocycles. The SMILES string of the molecule is C=C(C)C(=O)O.CCCCC(C=O)(C=O)CC. The molecule has 0 bridgehead atoms. The van der Waals surface area contributed by atoms with Gasteiger partial charge in [0.15, 0.2) is 0 Å². The van der Waals surface area contributed by atoms with Crippen molar-refractivity contribution in [3.63, 3.8) is 0 Å². The largest absolute Gasteiger partial charge is 0.478 e. The zero-order chi connectivity index (χ0) is 13.9. The lowest BCUT2D eigenvalue weighted by atomic mass is 9.83. The van der Waals surface area contributed by atoms with Crippen molar-refractivity contribution in [3.8, 4) is 0 Å². The fraction of sp³-hybridized carbons (Fsp3) is 0.615. The number of aldehydes is 2. The summed E-state index contributed by atoms with van der Waals surface area (Å²) in [6.07, 6.45) is 4.88. The molecule has 0 heterocycles. The Bertz CT molecular complexity index is 249. The van der Waals surface area contributed by atoms with Crippen molar-refractivity contribution in [3.05, 3.63) is 12.2 Å². The van der Waals surface area contributed by atoms with Gasteiger partial charge in [-0.05, 0) is 19.8 Å². The van der Waals surface area contributed by atoms with E-state index in [0.29, 0.717) is 12.8 Å². The maximum atomic E-state index is 10.6. The van der Waals surface area contributed by atoms with Gasteiger partial charge in [0.25, 0.3) is 0 Å². The number of carbonyl (C=O) groups excluding carboxylic acids is 2. The minimum atomic E-state index is -0.935. The average Bonchev–Trinajstić information content (AvgIpc) is 2.32. The van der Waals surface area contributed by atoms with Crippen molar-refractivity contribution in [1.82, 2.24) is 0 Å². The fourth-order valence-corrected chi connectivity index (χ4v) is 0.995. The Kier molecular flexibility index (Phi) is 10.3. The lowest BCUT2D eigenvalue weighted by Gasteiger charge is -2.17. The number of carboxylic acids is 1. The van der Waals surface area contributed by atoms with Crippen LogP contribution in [0.3, 0.4) is 0 Å². The van der Waals surface area contributed by atoms with Crippen LogP contribution in [-0.2, 0) is 14.4 Å². The highest BCUT2D eigenvalue weighted by Crippen LogP contribution is 2.23. The van der Waals surface area contributed by atoms with E-state index >= 15 is 0 Å². The molecule has 4 nitrogen and oxygen atoms in total. The van der Waals surface area contributed by atoms with Gasteiger partial charge in [0.1, 0.15) is 12.6 Å². The lowest BCUT2D eigenvalue weighted by molar-refractivity contribution is -0.132. The molecule has 1 N–H and O–H groups in total. The Morgan fingerprint density at radius 3 is 1.88 bits per heavy atom. The first-order valence-corrected chi connectivity index (χ1v) is 5.70. The van der Waals surface area contributed by atoms with Gasteiger partial charge in [0.2, 0.25) is 0 Å². The maximum Gasteiger partial charge on any atom is 0.330 e. The number of hydrogen-bond donors (Lipinski definition) is 1. The number of carboxylic acid groups (broad SMARTS) is 1. The normalized spacial score (nSPS) is 9.82. The van der Waals surface area contributed by atoms with Crippen molar-refractivity contribution in [2.75, 3.05) is 0 Å². The molecular formula is C13H22O4.